The van der Waals surface area contributed by atoms with E-state index in [4.69, 9.17) is 0 Å². The zero-order valence-electron chi connectivity index (χ0n) is 26.5. The zero-order valence-corrected chi connectivity index (χ0v) is 27.4. The average Bonchev–Trinajstić information content (AvgIpc) is 3.00. The number of phenols is 1. The van der Waals surface area contributed by atoms with Crippen LogP contribution in [-0.4, -0.2) is 5.11 Å². The van der Waals surface area contributed by atoms with Gasteiger partial charge >= 0.3 is 0 Å². The summed E-state index contributed by atoms with van der Waals surface area (Å²) in [6, 6.07) is 43.6. The second-order valence-electron chi connectivity index (χ2n) is 14.0. The maximum atomic E-state index is 16.5. The highest BCUT2D eigenvalue weighted by atomic mass is 31.2. The first kappa shape index (κ1) is 29.9. The lowest BCUT2D eigenvalue weighted by Crippen LogP contribution is -2.24. The van der Waals surface area contributed by atoms with E-state index in [0.29, 0.717) is 5.75 Å². The Bertz CT molecular complexity index is 1910. The van der Waals surface area contributed by atoms with Crippen LogP contribution in [0.3, 0.4) is 0 Å². The summed E-state index contributed by atoms with van der Waals surface area (Å²) < 4.78 is 16.5. The van der Waals surface area contributed by atoms with E-state index in [1.165, 1.54) is 0 Å². The highest BCUT2D eigenvalue weighted by molar-refractivity contribution is 7.79. The van der Waals surface area contributed by atoms with Gasteiger partial charge in [0.25, 0.3) is 0 Å². The Morgan fingerprint density at radius 1 is 0.500 bits per heavy atom. The molecule has 0 aliphatic rings. The molecule has 0 spiro atoms. The second-order valence-corrected chi connectivity index (χ2v) is 16.9. The molecule has 0 amide bonds. The topological polar surface area (TPSA) is 37.3 Å². The van der Waals surface area contributed by atoms with Crippen LogP contribution in [-0.2, 0) is 15.4 Å². The van der Waals surface area contributed by atoms with Crippen LogP contribution >= 0.6 is 7.14 Å². The number of benzene rings is 6. The minimum absolute atomic E-state index is 0.322. The van der Waals surface area contributed by atoms with Crippen LogP contribution in [0, 0.1) is 0 Å². The molecule has 3 heteroatoms. The third kappa shape index (κ3) is 5.37. The number of aromatic hydroxyl groups is 1. The summed E-state index contributed by atoms with van der Waals surface area (Å²) in [4.78, 5) is 0. The van der Waals surface area contributed by atoms with Crippen molar-refractivity contribution in [3.8, 4) is 5.75 Å². The van der Waals surface area contributed by atoms with Crippen LogP contribution in [0.25, 0.3) is 21.5 Å². The Kier molecular flexibility index (Phi) is 7.55. The standard InChI is InChI=1S/C41H41O2P/c1-40(2,3)36-26-33(27-37(38(36)42)41(4,5)6)39(30-16-8-7-9-17-30)44(43,34-22-20-28-14-10-12-18-31(28)24-34)35-23-21-29-15-11-13-19-32(29)25-35/h7-27,39,42H,1-6H3. The highest BCUT2D eigenvalue weighted by Gasteiger charge is 2.41. The largest absolute Gasteiger partial charge is 0.507 e. The molecule has 0 radical (unpaired) electrons. The maximum absolute atomic E-state index is 16.5. The van der Waals surface area contributed by atoms with Crippen molar-refractivity contribution in [1.82, 2.24) is 0 Å². The van der Waals surface area contributed by atoms with Crippen molar-refractivity contribution < 1.29 is 9.67 Å². The molecule has 6 aromatic carbocycles. The van der Waals surface area contributed by atoms with Gasteiger partial charge in [0.05, 0.1) is 5.66 Å². The van der Waals surface area contributed by atoms with E-state index < -0.39 is 12.8 Å². The fourth-order valence-corrected chi connectivity index (χ4v) is 9.73. The molecular formula is C41H41O2P. The van der Waals surface area contributed by atoms with Crippen LogP contribution < -0.4 is 10.6 Å². The molecule has 0 aromatic heterocycles. The smallest absolute Gasteiger partial charge is 0.154 e. The lowest BCUT2D eigenvalue weighted by molar-refractivity contribution is 0.422. The van der Waals surface area contributed by atoms with Crippen molar-refractivity contribution in [2.75, 3.05) is 0 Å². The molecule has 0 aliphatic carbocycles. The van der Waals surface area contributed by atoms with Gasteiger partial charge in [-0.1, -0.05) is 157 Å². The van der Waals surface area contributed by atoms with E-state index >= 15 is 4.57 Å². The third-order valence-corrected chi connectivity index (χ3v) is 12.2. The molecule has 0 heterocycles. The molecule has 0 aliphatic heterocycles. The minimum Gasteiger partial charge on any atom is -0.507 e. The van der Waals surface area contributed by atoms with Gasteiger partial charge in [-0.05, 0) is 66.8 Å². The van der Waals surface area contributed by atoms with Gasteiger partial charge in [-0.25, -0.2) is 0 Å². The molecule has 222 valence electrons. The molecule has 0 bridgehead atoms. The number of fused-ring (bicyclic) bond motifs is 2. The lowest BCUT2D eigenvalue weighted by atomic mass is 9.78. The predicted octanol–water partition coefficient (Wildman–Crippen LogP) is 10.4. The molecule has 6 rings (SSSR count). The van der Waals surface area contributed by atoms with Gasteiger partial charge in [0.15, 0.2) is 7.14 Å². The molecule has 0 saturated carbocycles. The van der Waals surface area contributed by atoms with Crippen LogP contribution in [0.1, 0.15) is 69.5 Å². The van der Waals surface area contributed by atoms with Gasteiger partial charge in [-0.15, -0.1) is 0 Å². The van der Waals surface area contributed by atoms with E-state index in [0.717, 1.165) is 54.4 Å². The zero-order chi connectivity index (χ0) is 31.3. The van der Waals surface area contributed by atoms with Crippen molar-refractivity contribution in [3.05, 3.63) is 150 Å². The first-order valence-corrected chi connectivity index (χ1v) is 17.2. The summed E-state index contributed by atoms with van der Waals surface area (Å²) in [6.07, 6.45) is 0. The van der Waals surface area contributed by atoms with Gasteiger partial charge in [0.1, 0.15) is 5.75 Å². The summed E-state index contributed by atoms with van der Waals surface area (Å²) in [5.41, 5.74) is 2.55. The quantitative estimate of drug-likeness (QED) is 0.201. The SMILES string of the molecule is CC(C)(C)c1cc(C(c2ccccc2)P(=O)(c2ccc3ccccc3c2)c2ccc3ccccc3c2)cc(C(C)(C)C)c1O. The molecule has 1 N–H and O–H groups in total. The first-order chi connectivity index (χ1) is 20.9. The number of hydrogen-bond donors (Lipinski definition) is 1. The summed E-state index contributed by atoms with van der Waals surface area (Å²) >= 11 is 0. The predicted molar refractivity (Wildman–Crippen MR) is 189 cm³/mol. The van der Waals surface area contributed by atoms with Crippen molar-refractivity contribution in [2.45, 2.75) is 58.0 Å². The molecule has 0 fully saturated rings. The number of phenolic OH excluding ortho intramolecular Hbond substituents is 1. The molecule has 1 unspecified atom stereocenters. The Hall–Kier alpha value is -4.13. The maximum Gasteiger partial charge on any atom is 0.154 e. The van der Waals surface area contributed by atoms with Crippen LogP contribution in [0.5, 0.6) is 5.75 Å². The molecule has 2 nitrogen and oxygen atoms in total. The third-order valence-electron chi connectivity index (χ3n) is 8.78. The molecule has 44 heavy (non-hydrogen) atoms. The van der Waals surface area contributed by atoms with Crippen LogP contribution in [0.4, 0.5) is 0 Å². The summed E-state index contributed by atoms with van der Waals surface area (Å²) in [5, 5.41) is 17.6. The normalized spacial score (nSPS) is 13.3. The lowest BCUT2D eigenvalue weighted by Gasteiger charge is -2.34. The fraction of sp³-hybridized carbons (Fsp3) is 0.220. The first-order valence-electron chi connectivity index (χ1n) is 15.4. The molecule has 0 saturated heterocycles. The van der Waals surface area contributed by atoms with E-state index in [1.807, 2.05) is 42.5 Å². The highest BCUT2D eigenvalue weighted by Crippen LogP contribution is 2.61. The van der Waals surface area contributed by atoms with Gasteiger partial charge in [-0.3, -0.25) is 0 Å². The van der Waals surface area contributed by atoms with E-state index in [-0.39, 0.29) is 10.8 Å². The van der Waals surface area contributed by atoms with Gasteiger partial charge < -0.3 is 9.67 Å². The monoisotopic (exact) mass is 596 g/mol. The van der Waals surface area contributed by atoms with Crippen molar-refractivity contribution in [2.24, 2.45) is 0 Å². The van der Waals surface area contributed by atoms with Gasteiger partial charge in [0.2, 0.25) is 0 Å². The van der Waals surface area contributed by atoms with Crippen LogP contribution in [0.15, 0.2) is 127 Å². The van der Waals surface area contributed by atoms with Crippen molar-refractivity contribution >= 4 is 39.3 Å². The number of hydrogen-bond acceptors (Lipinski definition) is 2. The average molecular weight is 597 g/mol. The minimum atomic E-state index is -3.43. The second kappa shape index (κ2) is 11.1. The number of rotatable bonds is 5. The Balaban J connectivity index is 1.75. The summed E-state index contributed by atoms with van der Waals surface area (Å²) in [6.45, 7) is 12.8. The Labute approximate surface area is 261 Å². The molecule has 1 atom stereocenters. The Morgan fingerprint density at radius 2 is 0.909 bits per heavy atom. The molecule has 6 aromatic rings. The van der Waals surface area contributed by atoms with Crippen LogP contribution in [0.2, 0.25) is 0 Å². The fourth-order valence-electron chi connectivity index (χ4n) is 6.42. The van der Waals surface area contributed by atoms with E-state index in [1.54, 1.807) is 0 Å². The summed E-state index contributed by atoms with van der Waals surface area (Å²) in [5.74, 6) is 0.326. The van der Waals surface area contributed by atoms with E-state index in [9.17, 15) is 5.11 Å². The summed E-state index contributed by atoms with van der Waals surface area (Å²) in [7, 11) is -3.43. The van der Waals surface area contributed by atoms with Gasteiger partial charge in [-0.2, -0.15) is 0 Å². The van der Waals surface area contributed by atoms with E-state index in [2.05, 4.69) is 126 Å². The Morgan fingerprint density at radius 3 is 1.34 bits per heavy atom. The van der Waals surface area contributed by atoms with Crippen molar-refractivity contribution in [3.63, 3.8) is 0 Å². The van der Waals surface area contributed by atoms with Gasteiger partial charge in [0, 0.05) is 10.6 Å². The molecular weight excluding hydrogens is 555 g/mol. The van der Waals surface area contributed by atoms with Crippen molar-refractivity contribution in [1.29, 1.82) is 0 Å².